The highest BCUT2D eigenvalue weighted by Crippen LogP contribution is 2.37. The van der Waals surface area contributed by atoms with Crippen molar-refractivity contribution >= 4 is 34.8 Å². The van der Waals surface area contributed by atoms with E-state index in [0.717, 1.165) is 88.2 Å². The largest absolute Gasteiger partial charge is 0.453 e. The van der Waals surface area contributed by atoms with Crippen molar-refractivity contribution in [1.82, 2.24) is 40.4 Å². The summed E-state index contributed by atoms with van der Waals surface area (Å²) in [5, 5.41) is 7.45. The summed E-state index contributed by atoms with van der Waals surface area (Å²) < 4.78 is 9.47. The Morgan fingerprint density at radius 3 is 1.93 bits per heavy atom. The lowest BCUT2D eigenvalue weighted by atomic mass is 9.89. The molecule has 2 aromatic heterocycles. The van der Waals surface area contributed by atoms with Crippen molar-refractivity contribution in [3.05, 3.63) is 84.7 Å². The molecule has 5 atom stereocenters. The second-order valence-electron chi connectivity index (χ2n) is 16.5. The first-order valence-electron chi connectivity index (χ1n) is 21.0. The van der Waals surface area contributed by atoms with Crippen molar-refractivity contribution in [3.63, 3.8) is 0 Å². The number of alkyl carbamates (subject to hydrolysis) is 2. The van der Waals surface area contributed by atoms with Crippen molar-refractivity contribution in [2.45, 2.75) is 77.9 Å². The minimum absolute atomic E-state index is 0.116. The van der Waals surface area contributed by atoms with Crippen LogP contribution >= 0.6 is 0 Å². The Balaban J connectivity index is 1.04. The van der Waals surface area contributed by atoms with Gasteiger partial charge in [-0.1, -0.05) is 82.6 Å². The molecule has 14 heteroatoms. The Hall–Kier alpha value is -6.18. The minimum Gasteiger partial charge on any atom is -0.453 e. The Bertz CT molecular complexity index is 2320. The van der Waals surface area contributed by atoms with Gasteiger partial charge in [-0.15, -0.1) is 0 Å². The number of ether oxygens (including phenoxy) is 2. The summed E-state index contributed by atoms with van der Waals surface area (Å²) in [6.07, 6.45) is 6.90. The summed E-state index contributed by atoms with van der Waals surface area (Å²) in [4.78, 5) is 71.0. The summed E-state index contributed by atoms with van der Waals surface area (Å²) in [6.45, 7) is 9.19. The third kappa shape index (κ3) is 9.17. The van der Waals surface area contributed by atoms with E-state index in [1.54, 1.807) is 4.90 Å². The molecular weight excluding hydrogens is 761 g/mol. The van der Waals surface area contributed by atoms with E-state index in [0.29, 0.717) is 24.9 Å². The number of nitrogens with one attached hydrogen (secondary N) is 4. The third-order valence-electron chi connectivity index (χ3n) is 12.1. The van der Waals surface area contributed by atoms with Gasteiger partial charge in [0, 0.05) is 18.7 Å². The number of hydrogen-bond donors (Lipinski definition) is 4. The van der Waals surface area contributed by atoms with Gasteiger partial charge in [0.1, 0.15) is 24.2 Å². The number of hydrogen-bond acceptors (Lipinski definition) is 8. The summed E-state index contributed by atoms with van der Waals surface area (Å²) >= 11 is 0. The van der Waals surface area contributed by atoms with E-state index in [1.165, 1.54) is 14.2 Å². The first kappa shape index (κ1) is 42.0. The van der Waals surface area contributed by atoms with E-state index in [-0.39, 0.29) is 36.4 Å². The molecule has 2 fully saturated rings. The van der Waals surface area contributed by atoms with Crippen LogP contribution in [0.15, 0.2) is 73.1 Å². The van der Waals surface area contributed by atoms with Gasteiger partial charge < -0.3 is 39.9 Å². The maximum absolute atomic E-state index is 14.0. The van der Waals surface area contributed by atoms with Crippen LogP contribution in [0.3, 0.4) is 0 Å². The third-order valence-corrected chi connectivity index (χ3v) is 12.1. The van der Waals surface area contributed by atoms with E-state index in [4.69, 9.17) is 14.7 Å². The summed E-state index contributed by atoms with van der Waals surface area (Å²) in [6, 6.07) is 20.0. The number of aromatic nitrogens is 4. The van der Waals surface area contributed by atoms with Gasteiger partial charge in [0.25, 0.3) is 0 Å². The minimum atomic E-state index is -0.702. The van der Waals surface area contributed by atoms with Crippen LogP contribution in [0.25, 0.3) is 44.4 Å². The molecule has 4 amide bonds. The van der Waals surface area contributed by atoms with Gasteiger partial charge in [-0.25, -0.2) is 19.6 Å². The van der Waals surface area contributed by atoms with Gasteiger partial charge >= 0.3 is 12.2 Å². The van der Waals surface area contributed by atoms with Crippen molar-refractivity contribution in [2.24, 2.45) is 17.8 Å². The number of likely N-dealkylation sites (tertiary alicyclic amines) is 2. The zero-order valence-corrected chi connectivity index (χ0v) is 35.3. The fourth-order valence-corrected chi connectivity index (χ4v) is 8.56. The first-order chi connectivity index (χ1) is 29.0. The molecule has 0 aliphatic carbocycles. The number of carbonyl (C=O) groups excluding carboxylic acids is 4. The summed E-state index contributed by atoms with van der Waals surface area (Å²) in [5.41, 5.74) is 5.90. The number of fused-ring (bicyclic) bond motifs is 1. The Kier molecular flexibility index (Phi) is 12.9. The molecule has 3 aromatic carbocycles. The molecule has 2 aliphatic heterocycles. The van der Waals surface area contributed by atoms with Crippen LogP contribution in [-0.2, 0) is 19.1 Å². The van der Waals surface area contributed by atoms with Crippen molar-refractivity contribution in [3.8, 4) is 33.6 Å². The number of piperidine rings is 2. The second kappa shape index (κ2) is 18.4. The van der Waals surface area contributed by atoms with Gasteiger partial charge in [-0.3, -0.25) is 9.59 Å². The fourth-order valence-electron chi connectivity index (χ4n) is 8.56. The van der Waals surface area contributed by atoms with Gasteiger partial charge in [-0.2, -0.15) is 0 Å². The maximum Gasteiger partial charge on any atom is 0.407 e. The maximum atomic E-state index is 14.0. The lowest BCUT2D eigenvalue weighted by Crippen LogP contribution is -2.54. The summed E-state index contributed by atoms with van der Waals surface area (Å²) in [5.74, 6) is 1.79. The lowest BCUT2D eigenvalue weighted by molar-refractivity contribution is -0.140. The Morgan fingerprint density at radius 1 is 0.733 bits per heavy atom. The zero-order valence-electron chi connectivity index (χ0n) is 35.3. The van der Waals surface area contributed by atoms with Gasteiger partial charge in [0.2, 0.25) is 11.8 Å². The SMILES string of the molecule is CC[C@H]1CC[C@@H](c2ncc(-c3ccc(-c4ccc5cc(-c6cnc([C@@H]7CC[C@H](C)CN7C(=O)CNC(=O)OC)[nH]6)ccc5c4)cc3)[nH]2)N(C(=O)[C@@H](NC(=O)OC)C(C)C)C1. The van der Waals surface area contributed by atoms with E-state index < -0.39 is 18.2 Å². The van der Waals surface area contributed by atoms with Crippen molar-refractivity contribution in [2.75, 3.05) is 33.9 Å². The van der Waals surface area contributed by atoms with Gasteiger partial charge in [-0.05, 0) is 83.0 Å². The number of imidazole rings is 2. The molecule has 316 valence electrons. The second-order valence-corrected chi connectivity index (χ2v) is 16.5. The number of nitrogens with zero attached hydrogens (tertiary/aromatic N) is 4. The molecule has 4 heterocycles. The molecule has 0 radical (unpaired) electrons. The molecule has 2 saturated heterocycles. The van der Waals surface area contributed by atoms with E-state index in [9.17, 15) is 19.2 Å². The molecule has 2 aliphatic rings. The number of carbonyl (C=O) groups is 4. The average molecular weight is 817 g/mol. The number of methoxy groups -OCH3 is 2. The standard InChI is InChI=1S/C46H56N8O6/c1-7-29-9-19-39(54(26-29)44(56)41(27(2)3)52-46(58)60-6)43-47-22-36(50-43)31-12-10-30(11-13-31)32-14-15-34-21-35(17-16-33(34)20-32)37-23-48-42(51-37)38-18-8-28(4)25-53(38)40(55)24-49-45(57)59-5/h10-17,20-23,27-29,38-39,41H,7-9,18-19,24-26H2,1-6H3,(H,47,50)(H,48,51)(H,49,57)(H,52,58)/t28-,29-,38-,39-,41-/m0/s1. The molecular formula is C46H56N8O6. The lowest BCUT2D eigenvalue weighted by Gasteiger charge is -2.41. The number of aromatic amines is 2. The Labute approximate surface area is 350 Å². The van der Waals surface area contributed by atoms with Gasteiger partial charge in [0.05, 0.1) is 50.1 Å². The van der Waals surface area contributed by atoms with E-state index in [1.807, 2.05) is 31.1 Å². The molecule has 7 rings (SSSR count). The zero-order chi connectivity index (χ0) is 42.5. The highest BCUT2D eigenvalue weighted by molar-refractivity contribution is 5.91. The molecule has 0 bridgehead atoms. The van der Waals surface area contributed by atoms with Crippen LogP contribution in [0.4, 0.5) is 9.59 Å². The number of rotatable bonds is 11. The number of amides is 4. The smallest absolute Gasteiger partial charge is 0.407 e. The van der Waals surface area contributed by atoms with Crippen LogP contribution in [0, 0.1) is 17.8 Å². The van der Waals surface area contributed by atoms with Crippen LogP contribution in [0.2, 0.25) is 0 Å². The normalized spacial score (nSPS) is 19.9. The van der Waals surface area contributed by atoms with Crippen LogP contribution in [-0.4, -0.2) is 93.6 Å². The predicted octanol–water partition coefficient (Wildman–Crippen LogP) is 8.01. The molecule has 0 spiro atoms. The monoisotopic (exact) mass is 816 g/mol. The molecule has 0 unspecified atom stereocenters. The van der Waals surface area contributed by atoms with Crippen molar-refractivity contribution < 1.29 is 28.7 Å². The molecule has 14 nitrogen and oxygen atoms in total. The van der Waals surface area contributed by atoms with E-state index in [2.05, 4.69) is 99.8 Å². The van der Waals surface area contributed by atoms with Crippen LogP contribution < -0.4 is 10.6 Å². The highest BCUT2D eigenvalue weighted by atomic mass is 16.5. The molecule has 60 heavy (non-hydrogen) atoms. The molecule has 5 aromatic rings. The summed E-state index contributed by atoms with van der Waals surface area (Å²) in [7, 11) is 2.58. The predicted molar refractivity (Wildman–Crippen MR) is 229 cm³/mol. The fraction of sp³-hybridized carbons (Fsp3) is 0.435. The molecule has 0 saturated carbocycles. The van der Waals surface area contributed by atoms with Crippen molar-refractivity contribution in [1.29, 1.82) is 0 Å². The van der Waals surface area contributed by atoms with E-state index >= 15 is 0 Å². The highest BCUT2D eigenvalue weighted by Gasteiger charge is 2.38. The Morgan fingerprint density at radius 2 is 1.30 bits per heavy atom. The topological polar surface area (TPSA) is 175 Å². The number of H-pyrrole nitrogens is 2. The molecule has 4 N–H and O–H groups in total. The average Bonchev–Trinajstić information content (AvgIpc) is 3.98. The first-order valence-corrected chi connectivity index (χ1v) is 21.0. The van der Waals surface area contributed by atoms with Crippen LogP contribution in [0.1, 0.15) is 83.5 Å². The van der Waals surface area contributed by atoms with Crippen LogP contribution in [0.5, 0.6) is 0 Å². The van der Waals surface area contributed by atoms with Gasteiger partial charge in [0.15, 0.2) is 0 Å². The number of benzene rings is 3. The quantitative estimate of drug-likeness (QED) is 0.104.